The summed E-state index contributed by atoms with van der Waals surface area (Å²) in [5.41, 5.74) is 0.604. The van der Waals surface area contributed by atoms with Crippen molar-refractivity contribution in [3.63, 3.8) is 0 Å². The number of aliphatic hydroxyl groups is 1. The first-order chi connectivity index (χ1) is 9.13. The highest BCUT2D eigenvalue weighted by Crippen LogP contribution is 2.24. The van der Waals surface area contributed by atoms with E-state index in [1.807, 2.05) is 12.1 Å². The maximum Gasteiger partial charge on any atom is 0.255 e. The van der Waals surface area contributed by atoms with Gasteiger partial charge in [0, 0.05) is 15.9 Å². The predicted molar refractivity (Wildman–Crippen MR) is 81.8 cm³/mol. The topological polar surface area (TPSA) is 40.5 Å². The molecule has 1 N–H and O–H groups in total. The average Bonchev–Trinajstić information content (AvgIpc) is 2.63. The van der Waals surface area contributed by atoms with E-state index in [2.05, 4.69) is 28.6 Å². The Morgan fingerprint density at radius 2 is 2.21 bits per heavy atom. The third-order valence-corrected chi connectivity index (χ3v) is 4.40. The van der Waals surface area contributed by atoms with Crippen molar-refractivity contribution in [2.24, 2.45) is 0 Å². The van der Waals surface area contributed by atoms with Gasteiger partial charge < -0.3 is 10.0 Å². The number of carbonyl (C=O) groups excluding carboxylic acids is 1. The Bertz CT molecular complexity index is 467. The Balaban J connectivity index is 2.25. The SMILES string of the molecule is O=C(c1ccc(Br)cc1S)N1CCCCCC1CO. The lowest BCUT2D eigenvalue weighted by Crippen LogP contribution is -2.42. The van der Waals surface area contributed by atoms with Crippen molar-refractivity contribution >= 4 is 34.5 Å². The van der Waals surface area contributed by atoms with Crippen LogP contribution >= 0.6 is 28.6 Å². The van der Waals surface area contributed by atoms with Gasteiger partial charge in [-0.3, -0.25) is 4.79 Å². The summed E-state index contributed by atoms with van der Waals surface area (Å²) in [5, 5.41) is 9.48. The highest BCUT2D eigenvalue weighted by Gasteiger charge is 2.26. The van der Waals surface area contributed by atoms with Crippen LogP contribution in [0, 0.1) is 0 Å². The first-order valence-electron chi connectivity index (χ1n) is 6.54. The summed E-state index contributed by atoms with van der Waals surface area (Å²) in [6, 6.07) is 5.39. The molecule has 2 rings (SSSR count). The summed E-state index contributed by atoms with van der Waals surface area (Å²) in [5.74, 6) is -0.0292. The van der Waals surface area contributed by atoms with Gasteiger partial charge >= 0.3 is 0 Å². The van der Waals surface area contributed by atoms with Crippen molar-refractivity contribution in [3.8, 4) is 0 Å². The predicted octanol–water partition coefficient (Wildman–Crippen LogP) is 3.11. The maximum absolute atomic E-state index is 12.6. The number of likely N-dealkylation sites (tertiary alicyclic amines) is 1. The second-order valence-electron chi connectivity index (χ2n) is 4.85. The van der Waals surface area contributed by atoms with Gasteiger partial charge in [0.2, 0.25) is 0 Å². The summed E-state index contributed by atoms with van der Waals surface area (Å²) in [6.45, 7) is 0.748. The lowest BCUT2D eigenvalue weighted by molar-refractivity contribution is 0.0596. The minimum atomic E-state index is -0.0635. The molecule has 104 valence electrons. The number of hydrogen-bond acceptors (Lipinski definition) is 3. The number of carbonyl (C=O) groups is 1. The second-order valence-corrected chi connectivity index (χ2v) is 6.24. The molecule has 0 aliphatic carbocycles. The van der Waals surface area contributed by atoms with E-state index in [0.29, 0.717) is 17.0 Å². The largest absolute Gasteiger partial charge is 0.394 e. The number of aliphatic hydroxyl groups excluding tert-OH is 1. The molecule has 0 aromatic heterocycles. The number of amides is 1. The number of benzene rings is 1. The zero-order valence-electron chi connectivity index (χ0n) is 10.7. The molecule has 1 atom stereocenters. The molecule has 1 amide bonds. The van der Waals surface area contributed by atoms with Crippen LogP contribution in [0.15, 0.2) is 27.6 Å². The van der Waals surface area contributed by atoms with Crippen LogP contribution in [0.25, 0.3) is 0 Å². The van der Waals surface area contributed by atoms with Gasteiger partial charge in [0.05, 0.1) is 18.2 Å². The number of halogens is 1. The summed E-state index contributed by atoms with van der Waals surface area (Å²) < 4.78 is 0.906. The Morgan fingerprint density at radius 3 is 2.89 bits per heavy atom. The van der Waals surface area contributed by atoms with Crippen molar-refractivity contribution in [2.45, 2.75) is 36.6 Å². The van der Waals surface area contributed by atoms with Gasteiger partial charge in [-0.25, -0.2) is 0 Å². The molecule has 1 aliphatic heterocycles. The van der Waals surface area contributed by atoms with E-state index in [9.17, 15) is 9.90 Å². The number of rotatable bonds is 2. The molecule has 0 radical (unpaired) electrons. The molecule has 1 aromatic carbocycles. The highest BCUT2D eigenvalue weighted by atomic mass is 79.9. The molecule has 0 bridgehead atoms. The van der Waals surface area contributed by atoms with Crippen LogP contribution in [0.5, 0.6) is 0 Å². The van der Waals surface area contributed by atoms with Gasteiger partial charge in [0.1, 0.15) is 0 Å². The fourth-order valence-electron chi connectivity index (χ4n) is 2.47. The quantitative estimate of drug-likeness (QED) is 0.810. The molecule has 0 saturated carbocycles. The van der Waals surface area contributed by atoms with Gasteiger partial charge in [0.25, 0.3) is 5.91 Å². The van der Waals surface area contributed by atoms with Crippen LogP contribution in [-0.4, -0.2) is 35.1 Å². The van der Waals surface area contributed by atoms with Gasteiger partial charge in [-0.2, -0.15) is 0 Å². The molecule has 1 saturated heterocycles. The van der Waals surface area contributed by atoms with Gasteiger partial charge in [-0.05, 0) is 31.0 Å². The standard InChI is InChI=1S/C14H18BrNO2S/c15-10-5-6-12(13(19)8-10)14(18)16-7-3-1-2-4-11(16)9-17/h5-6,8,11,17,19H,1-4,7,9H2. The minimum Gasteiger partial charge on any atom is -0.394 e. The van der Waals surface area contributed by atoms with Gasteiger partial charge in [0.15, 0.2) is 0 Å². The molecule has 19 heavy (non-hydrogen) atoms. The summed E-state index contributed by atoms with van der Waals surface area (Å²) in [7, 11) is 0. The fourth-order valence-corrected chi connectivity index (χ4v) is 3.32. The van der Waals surface area contributed by atoms with Crippen molar-refractivity contribution in [3.05, 3.63) is 28.2 Å². The third kappa shape index (κ3) is 3.52. The average molecular weight is 344 g/mol. The molecular weight excluding hydrogens is 326 g/mol. The Hall–Kier alpha value is -0.520. The number of nitrogens with zero attached hydrogens (tertiary/aromatic N) is 1. The second kappa shape index (κ2) is 6.77. The molecule has 5 heteroatoms. The lowest BCUT2D eigenvalue weighted by atomic mass is 10.1. The zero-order chi connectivity index (χ0) is 13.8. The minimum absolute atomic E-state index is 0.0292. The Labute approximate surface area is 127 Å². The highest BCUT2D eigenvalue weighted by molar-refractivity contribution is 9.10. The van der Waals surface area contributed by atoms with Crippen molar-refractivity contribution < 1.29 is 9.90 Å². The van der Waals surface area contributed by atoms with E-state index < -0.39 is 0 Å². The van der Waals surface area contributed by atoms with E-state index in [4.69, 9.17) is 0 Å². The van der Waals surface area contributed by atoms with Crippen LogP contribution in [0.2, 0.25) is 0 Å². The van der Waals surface area contributed by atoms with E-state index in [0.717, 1.165) is 30.2 Å². The van der Waals surface area contributed by atoms with Gasteiger partial charge in [-0.15, -0.1) is 12.6 Å². The van der Waals surface area contributed by atoms with Crippen LogP contribution in [0.1, 0.15) is 36.0 Å². The van der Waals surface area contributed by atoms with Gasteiger partial charge in [-0.1, -0.05) is 28.8 Å². The Kier molecular flexibility index (Phi) is 5.30. The lowest BCUT2D eigenvalue weighted by Gasteiger charge is -2.29. The smallest absolute Gasteiger partial charge is 0.255 e. The Morgan fingerprint density at radius 1 is 1.42 bits per heavy atom. The van der Waals surface area contributed by atoms with E-state index in [-0.39, 0.29) is 18.6 Å². The zero-order valence-corrected chi connectivity index (χ0v) is 13.2. The van der Waals surface area contributed by atoms with Crippen molar-refractivity contribution in [1.82, 2.24) is 4.90 Å². The van der Waals surface area contributed by atoms with Crippen LogP contribution in [-0.2, 0) is 0 Å². The van der Waals surface area contributed by atoms with Crippen LogP contribution in [0.4, 0.5) is 0 Å². The number of thiol groups is 1. The van der Waals surface area contributed by atoms with Crippen LogP contribution in [0.3, 0.4) is 0 Å². The molecule has 1 unspecified atom stereocenters. The van der Waals surface area contributed by atoms with Crippen molar-refractivity contribution in [1.29, 1.82) is 0 Å². The molecule has 1 heterocycles. The molecule has 1 fully saturated rings. The van der Waals surface area contributed by atoms with E-state index in [1.165, 1.54) is 0 Å². The molecular formula is C14H18BrNO2S. The first-order valence-corrected chi connectivity index (χ1v) is 7.78. The first kappa shape index (κ1) is 14.9. The van der Waals surface area contributed by atoms with E-state index >= 15 is 0 Å². The maximum atomic E-state index is 12.6. The molecule has 1 aliphatic rings. The normalized spacial score (nSPS) is 20.2. The third-order valence-electron chi connectivity index (χ3n) is 3.54. The summed E-state index contributed by atoms with van der Waals surface area (Å²) in [6.07, 6.45) is 4.07. The monoisotopic (exact) mass is 343 g/mol. The molecule has 0 spiro atoms. The summed E-state index contributed by atoms with van der Waals surface area (Å²) >= 11 is 7.74. The van der Waals surface area contributed by atoms with Crippen LogP contribution < -0.4 is 0 Å². The number of hydrogen-bond donors (Lipinski definition) is 2. The molecule has 1 aromatic rings. The molecule has 3 nitrogen and oxygen atoms in total. The summed E-state index contributed by atoms with van der Waals surface area (Å²) in [4.78, 5) is 15.1. The fraction of sp³-hybridized carbons (Fsp3) is 0.500. The van der Waals surface area contributed by atoms with E-state index in [1.54, 1.807) is 11.0 Å². The van der Waals surface area contributed by atoms with Crippen molar-refractivity contribution in [2.75, 3.05) is 13.2 Å².